The molecule has 0 bridgehead atoms. The fraction of sp³-hybridized carbons (Fsp3) is 0.579. The molecule has 0 amide bonds. The molecule has 1 aromatic rings. The van der Waals surface area contributed by atoms with Gasteiger partial charge in [-0.3, -0.25) is 0 Å². The van der Waals surface area contributed by atoms with Crippen molar-refractivity contribution >= 4 is 11.9 Å². The third-order valence-corrected chi connectivity index (χ3v) is 4.03. The molecule has 2 rings (SSSR count). The number of ether oxygens (including phenoxy) is 3. The van der Waals surface area contributed by atoms with Crippen LogP contribution in [0.2, 0.25) is 0 Å². The lowest BCUT2D eigenvalue weighted by Crippen LogP contribution is -2.36. The normalized spacial score (nSPS) is 16.7. The standard InChI is InChI=1S/C17H27NO3.C2H2O4/c1-15-6-5-9-18(14-15)10-11-20-12-13-21-17-8-4-3-7-16(17)19-2;3-1(4)2(5)6/h3-4,7-8,15H,5-6,9-14H2,1-2H3;(H,3,4)(H,5,6). The monoisotopic (exact) mass is 383 g/mol. The summed E-state index contributed by atoms with van der Waals surface area (Å²) in [6.45, 7) is 7.72. The van der Waals surface area contributed by atoms with E-state index >= 15 is 0 Å². The minimum Gasteiger partial charge on any atom is -0.493 e. The maximum absolute atomic E-state index is 9.10. The van der Waals surface area contributed by atoms with E-state index in [4.69, 9.17) is 34.0 Å². The van der Waals surface area contributed by atoms with E-state index in [-0.39, 0.29) is 0 Å². The van der Waals surface area contributed by atoms with Crippen LogP contribution in [-0.2, 0) is 14.3 Å². The summed E-state index contributed by atoms with van der Waals surface area (Å²) in [4.78, 5) is 20.7. The fourth-order valence-electron chi connectivity index (χ4n) is 2.73. The number of carboxylic acid groups (broad SMARTS) is 2. The van der Waals surface area contributed by atoms with Crippen LogP contribution in [0.3, 0.4) is 0 Å². The summed E-state index contributed by atoms with van der Waals surface area (Å²) in [6.07, 6.45) is 2.68. The van der Waals surface area contributed by atoms with Crippen molar-refractivity contribution in [1.82, 2.24) is 4.90 Å². The van der Waals surface area contributed by atoms with Gasteiger partial charge in [0, 0.05) is 13.1 Å². The van der Waals surface area contributed by atoms with Gasteiger partial charge in [0.2, 0.25) is 0 Å². The molecule has 152 valence electrons. The van der Waals surface area contributed by atoms with Gasteiger partial charge in [-0.15, -0.1) is 0 Å². The first kappa shape index (κ1) is 22.7. The Balaban J connectivity index is 0.000000527. The van der Waals surface area contributed by atoms with Gasteiger partial charge < -0.3 is 29.3 Å². The van der Waals surface area contributed by atoms with Gasteiger partial charge in [0.1, 0.15) is 6.61 Å². The lowest BCUT2D eigenvalue weighted by Gasteiger charge is -2.30. The Morgan fingerprint density at radius 2 is 1.78 bits per heavy atom. The second kappa shape index (κ2) is 12.9. The summed E-state index contributed by atoms with van der Waals surface area (Å²) in [5, 5.41) is 14.8. The molecule has 0 aromatic heterocycles. The molecule has 0 saturated carbocycles. The van der Waals surface area contributed by atoms with Crippen molar-refractivity contribution in [2.45, 2.75) is 19.8 Å². The minimum absolute atomic E-state index is 0.552. The molecule has 1 aromatic carbocycles. The highest BCUT2D eigenvalue weighted by atomic mass is 16.5. The Morgan fingerprint density at radius 3 is 2.37 bits per heavy atom. The number of likely N-dealkylation sites (tertiary alicyclic amines) is 1. The predicted octanol–water partition coefficient (Wildman–Crippen LogP) is 1.98. The summed E-state index contributed by atoms with van der Waals surface area (Å²) in [5.74, 6) is -1.29. The molecule has 8 heteroatoms. The van der Waals surface area contributed by atoms with Crippen LogP contribution >= 0.6 is 0 Å². The molecule has 1 heterocycles. The molecular formula is C19H29NO7. The quantitative estimate of drug-likeness (QED) is 0.519. The highest BCUT2D eigenvalue weighted by Crippen LogP contribution is 2.25. The molecule has 1 saturated heterocycles. The summed E-state index contributed by atoms with van der Waals surface area (Å²) in [5.41, 5.74) is 0. The second-order valence-corrected chi connectivity index (χ2v) is 6.27. The number of hydrogen-bond donors (Lipinski definition) is 2. The van der Waals surface area contributed by atoms with E-state index in [2.05, 4.69) is 11.8 Å². The number of carboxylic acids is 2. The summed E-state index contributed by atoms with van der Waals surface area (Å²) >= 11 is 0. The lowest BCUT2D eigenvalue weighted by molar-refractivity contribution is -0.159. The van der Waals surface area contributed by atoms with E-state index in [0.29, 0.717) is 13.2 Å². The highest BCUT2D eigenvalue weighted by Gasteiger charge is 2.15. The molecule has 1 aliphatic heterocycles. The first-order valence-electron chi connectivity index (χ1n) is 8.96. The van der Waals surface area contributed by atoms with Crippen molar-refractivity contribution in [1.29, 1.82) is 0 Å². The number of carbonyl (C=O) groups is 2. The average molecular weight is 383 g/mol. The lowest BCUT2D eigenvalue weighted by atomic mass is 10.0. The Morgan fingerprint density at radius 1 is 1.11 bits per heavy atom. The molecule has 27 heavy (non-hydrogen) atoms. The fourth-order valence-corrected chi connectivity index (χ4v) is 2.73. The number of nitrogens with zero attached hydrogens (tertiary/aromatic N) is 1. The van der Waals surface area contributed by atoms with Crippen LogP contribution in [0.4, 0.5) is 0 Å². The number of methoxy groups -OCH3 is 1. The molecule has 1 atom stereocenters. The molecule has 0 aliphatic carbocycles. The van der Waals surface area contributed by atoms with Crippen LogP contribution in [0.5, 0.6) is 11.5 Å². The number of para-hydroxylation sites is 2. The maximum Gasteiger partial charge on any atom is 0.414 e. The Bertz CT molecular complexity index is 567. The van der Waals surface area contributed by atoms with E-state index in [1.165, 1.54) is 25.9 Å². The first-order valence-corrected chi connectivity index (χ1v) is 8.96. The molecule has 0 spiro atoms. The molecule has 1 unspecified atom stereocenters. The van der Waals surface area contributed by atoms with Gasteiger partial charge in [-0.25, -0.2) is 9.59 Å². The topological polar surface area (TPSA) is 106 Å². The third kappa shape index (κ3) is 9.81. The summed E-state index contributed by atoms with van der Waals surface area (Å²) in [7, 11) is 1.65. The number of aliphatic carboxylic acids is 2. The van der Waals surface area contributed by atoms with Crippen molar-refractivity contribution in [3.8, 4) is 11.5 Å². The molecule has 1 aliphatic rings. The van der Waals surface area contributed by atoms with Crippen LogP contribution in [0.1, 0.15) is 19.8 Å². The van der Waals surface area contributed by atoms with Crippen LogP contribution in [-0.4, -0.2) is 73.6 Å². The van der Waals surface area contributed by atoms with Crippen molar-refractivity contribution in [2.75, 3.05) is 46.6 Å². The predicted molar refractivity (Wildman–Crippen MR) is 99.4 cm³/mol. The Hall–Kier alpha value is -2.32. The highest BCUT2D eigenvalue weighted by molar-refractivity contribution is 6.27. The van der Waals surface area contributed by atoms with Crippen LogP contribution in [0.25, 0.3) is 0 Å². The zero-order valence-corrected chi connectivity index (χ0v) is 15.9. The van der Waals surface area contributed by atoms with Gasteiger partial charge in [0.25, 0.3) is 0 Å². The smallest absolute Gasteiger partial charge is 0.414 e. The summed E-state index contributed by atoms with van der Waals surface area (Å²) < 4.78 is 16.6. The third-order valence-electron chi connectivity index (χ3n) is 4.03. The Kier molecular flexibility index (Phi) is 10.9. The second-order valence-electron chi connectivity index (χ2n) is 6.27. The molecule has 0 radical (unpaired) electrons. The Labute approximate surface area is 159 Å². The molecule has 1 fully saturated rings. The largest absolute Gasteiger partial charge is 0.493 e. The zero-order chi connectivity index (χ0) is 20.1. The maximum atomic E-state index is 9.10. The van der Waals surface area contributed by atoms with E-state index in [1.807, 2.05) is 24.3 Å². The van der Waals surface area contributed by atoms with Gasteiger partial charge in [0.15, 0.2) is 11.5 Å². The molecular weight excluding hydrogens is 354 g/mol. The van der Waals surface area contributed by atoms with Crippen molar-refractivity contribution < 1.29 is 34.0 Å². The van der Waals surface area contributed by atoms with E-state index in [0.717, 1.165) is 30.6 Å². The number of hydrogen-bond acceptors (Lipinski definition) is 6. The van der Waals surface area contributed by atoms with Crippen LogP contribution in [0, 0.1) is 5.92 Å². The SMILES string of the molecule is COc1ccccc1OCCOCCN1CCCC(C)C1.O=C(O)C(=O)O. The average Bonchev–Trinajstić information content (AvgIpc) is 2.65. The van der Waals surface area contributed by atoms with Crippen molar-refractivity contribution in [2.24, 2.45) is 5.92 Å². The van der Waals surface area contributed by atoms with E-state index in [9.17, 15) is 0 Å². The molecule has 8 nitrogen and oxygen atoms in total. The number of rotatable bonds is 8. The summed E-state index contributed by atoms with van der Waals surface area (Å²) in [6, 6.07) is 7.68. The van der Waals surface area contributed by atoms with E-state index in [1.54, 1.807) is 7.11 Å². The van der Waals surface area contributed by atoms with Crippen molar-refractivity contribution in [3.63, 3.8) is 0 Å². The van der Waals surface area contributed by atoms with Crippen molar-refractivity contribution in [3.05, 3.63) is 24.3 Å². The van der Waals surface area contributed by atoms with Gasteiger partial charge in [-0.2, -0.15) is 0 Å². The first-order chi connectivity index (χ1) is 12.9. The van der Waals surface area contributed by atoms with Crippen LogP contribution < -0.4 is 9.47 Å². The minimum atomic E-state index is -1.82. The van der Waals surface area contributed by atoms with E-state index < -0.39 is 11.9 Å². The number of benzene rings is 1. The zero-order valence-electron chi connectivity index (χ0n) is 15.9. The number of piperidine rings is 1. The molecule has 2 N–H and O–H groups in total. The van der Waals surface area contributed by atoms with Crippen LogP contribution in [0.15, 0.2) is 24.3 Å². The van der Waals surface area contributed by atoms with Gasteiger partial charge in [0.05, 0.1) is 20.3 Å². The van der Waals surface area contributed by atoms with Gasteiger partial charge in [-0.05, 0) is 37.4 Å². The van der Waals surface area contributed by atoms with Gasteiger partial charge >= 0.3 is 11.9 Å². The van der Waals surface area contributed by atoms with Gasteiger partial charge in [-0.1, -0.05) is 19.1 Å².